The molecule has 0 aliphatic rings. The number of hydrogen-bond acceptors (Lipinski definition) is 8. The molecule has 2 amide bonds. The van der Waals surface area contributed by atoms with Gasteiger partial charge in [0, 0.05) is 74.4 Å². The van der Waals surface area contributed by atoms with Gasteiger partial charge in [-0.05, 0) is 55.6 Å². The maximum atomic E-state index is 15.1. The Morgan fingerprint density at radius 3 is 2.45 bits per heavy atom. The molecule has 5 aromatic rings. The van der Waals surface area contributed by atoms with Gasteiger partial charge >= 0.3 is 0 Å². The summed E-state index contributed by atoms with van der Waals surface area (Å²) in [6.45, 7) is 4.67. The number of aromatic nitrogens is 1. The Morgan fingerprint density at radius 1 is 0.915 bits per heavy atom. The summed E-state index contributed by atoms with van der Waals surface area (Å²) in [7, 11) is 5.67. The zero-order chi connectivity index (χ0) is 33.2. The first kappa shape index (κ1) is 33.7. The molecule has 0 atom stereocenters. The summed E-state index contributed by atoms with van der Waals surface area (Å²) >= 11 is 1.53. The fourth-order valence-corrected chi connectivity index (χ4v) is 6.02. The standard InChI is InChI=1S/C36H39FN6O3S/c1-38-17-18-39-19-20-42(2)24-25-9-11-26(12-10-25)33-22-30-36(47-33)32(15-16-40-30)46-31-14-13-27(21-29(31)37)41-34(44)23-35(45)43(3)28-7-5-4-6-8-28/h4-16,21-22,38-39H,17-20,23-24H2,1-3H3,(H,41,44). The van der Waals surface area contributed by atoms with Gasteiger partial charge in [0.05, 0.1) is 10.2 Å². The van der Waals surface area contributed by atoms with Crippen LogP contribution >= 0.6 is 11.3 Å². The lowest BCUT2D eigenvalue weighted by Gasteiger charge is -2.17. The van der Waals surface area contributed by atoms with Crippen LogP contribution in [-0.2, 0) is 16.1 Å². The molecule has 0 aliphatic heterocycles. The van der Waals surface area contributed by atoms with E-state index in [0.717, 1.165) is 53.4 Å². The van der Waals surface area contributed by atoms with Crippen molar-refractivity contribution in [2.24, 2.45) is 0 Å². The van der Waals surface area contributed by atoms with E-state index in [4.69, 9.17) is 4.74 Å². The molecule has 0 spiro atoms. The average molecular weight is 655 g/mol. The van der Waals surface area contributed by atoms with Crippen molar-refractivity contribution in [3.05, 3.63) is 103 Å². The van der Waals surface area contributed by atoms with Crippen LogP contribution in [0.3, 0.4) is 0 Å². The Kier molecular flexibility index (Phi) is 11.6. The fraction of sp³-hybridized carbons (Fsp3) is 0.250. The summed E-state index contributed by atoms with van der Waals surface area (Å²) < 4.78 is 21.9. The first-order valence-electron chi connectivity index (χ1n) is 15.4. The number of nitrogens with one attached hydrogen (secondary N) is 3. The highest BCUT2D eigenvalue weighted by Crippen LogP contribution is 2.40. The maximum Gasteiger partial charge on any atom is 0.236 e. The number of para-hydroxylation sites is 1. The van der Waals surface area contributed by atoms with Gasteiger partial charge in [-0.15, -0.1) is 11.3 Å². The molecule has 0 aliphatic carbocycles. The van der Waals surface area contributed by atoms with Crippen LogP contribution in [0, 0.1) is 5.82 Å². The van der Waals surface area contributed by atoms with E-state index in [1.54, 1.807) is 37.5 Å². The number of ether oxygens (including phenoxy) is 1. The van der Waals surface area contributed by atoms with Crippen LogP contribution in [0.2, 0.25) is 0 Å². The highest BCUT2D eigenvalue weighted by Gasteiger charge is 2.17. The number of halogens is 1. The molecular formula is C36H39FN6O3S. The predicted molar refractivity (Wildman–Crippen MR) is 188 cm³/mol. The summed E-state index contributed by atoms with van der Waals surface area (Å²) in [6, 6.07) is 25.4. The average Bonchev–Trinajstić information content (AvgIpc) is 3.52. The van der Waals surface area contributed by atoms with Crippen molar-refractivity contribution in [2.45, 2.75) is 13.0 Å². The number of hydrogen-bond donors (Lipinski definition) is 3. The number of rotatable bonds is 15. The minimum atomic E-state index is -0.647. The first-order chi connectivity index (χ1) is 22.8. The number of carbonyl (C=O) groups excluding carboxylic acids is 2. The minimum Gasteiger partial charge on any atom is -0.453 e. The fourth-order valence-electron chi connectivity index (χ4n) is 4.95. The monoisotopic (exact) mass is 654 g/mol. The Labute approximate surface area is 278 Å². The van der Waals surface area contributed by atoms with E-state index >= 15 is 4.39 Å². The van der Waals surface area contributed by atoms with Crippen LogP contribution in [-0.4, -0.2) is 69.0 Å². The van der Waals surface area contributed by atoms with E-state index in [2.05, 4.69) is 57.1 Å². The highest BCUT2D eigenvalue weighted by molar-refractivity contribution is 7.22. The number of thiophene rings is 1. The highest BCUT2D eigenvalue weighted by atomic mass is 32.1. The van der Waals surface area contributed by atoms with Crippen LogP contribution in [0.1, 0.15) is 12.0 Å². The van der Waals surface area contributed by atoms with Crippen LogP contribution in [0.5, 0.6) is 11.5 Å². The van der Waals surface area contributed by atoms with Crippen molar-refractivity contribution in [1.82, 2.24) is 20.5 Å². The third-order valence-corrected chi connectivity index (χ3v) is 8.74. The molecule has 0 saturated carbocycles. The number of likely N-dealkylation sites (N-methyl/N-ethyl adjacent to an activating group) is 2. The number of fused-ring (bicyclic) bond motifs is 1. The lowest BCUT2D eigenvalue weighted by atomic mass is 10.1. The molecule has 0 radical (unpaired) electrons. The van der Waals surface area contributed by atoms with Crippen molar-refractivity contribution in [2.75, 3.05) is 57.5 Å². The lowest BCUT2D eigenvalue weighted by Crippen LogP contribution is -2.32. The molecule has 5 rings (SSSR count). The molecule has 9 nitrogen and oxygen atoms in total. The van der Waals surface area contributed by atoms with Gasteiger partial charge in [0.15, 0.2) is 11.6 Å². The van der Waals surface area contributed by atoms with Crippen molar-refractivity contribution in [3.63, 3.8) is 0 Å². The van der Waals surface area contributed by atoms with Crippen LogP contribution in [0.15, 0.2) is 91.1 Å². The number of benzene rings is 3. The Morgan fingerprint density at radius 2 is 1.70 bits per heavy atom. The van der Waals surface area contributed by atoms with E-state index in [0.29, 0.717) is 11.4 Å². The molecule has 0 saturated heterocycles. The van der Waals surface area contributed by atoms with Gasteiger partial charge < -0.3 is 30.5 Å². The van der Waals surface area contributed by atoms with Crippen molar-refractivity contribution in [1.29, 1.82) is 0 Å². The first-order valence-corrected chi connectivity index (χ1v) is 16.2. The summed E-state index contributed by atoms with van der Waals surface area (Å²) in [5, 5.41) is 9.15. The maximum absolute atomic E-state index is 15.1. The SMILES string of the molecule is CNCCNCCN(C)Cc1ccc(-c2cc3nccc(Oc4ccc(NC(=O)CC(=O)N(C)c5ccccc5)cc4F)c3s2)cc1. The van der Waals surface area contributed by atoms with Gasteiger partial charge in [0.25, 0.3) is 0 Å². The van der Waals surface area contributed by atoms with Gasteiger partial charge in [0.2, 0.25) is 11.8 Å². The number of pyridine rings is 1. The third-order valence-electron chi connectivity index (χ3n) is 7.55. The van der Waals surface area contributed by atoms with E-state index in [1.807, 2.05) is 31.3 Å². The Balaban J connectivity index is 1.19. The van der Waals surface area contributed by atoms with E-state index in [-0.39, 0.29) is 23.8 Å². The molecule has 2 heterocycles. The largest absolute Gasteiger partial charge is 0.453 e. The molecular weight excluding hydrogens is 616 g/mol. The topological polar surface area (TPSA) is 98.8 Å². The second-order valence-corrected chi connectivity index (χ2v) is 12.2. The normalized spacial score (nSPS) is 11.2. The zero-order valence-electron chi connectivity index (χ0n) is 26.8. The summed E-state index contributed by atoms with van der Waals surface area (Å²) in [5.41, 5.74) is 3.96. The predicted octanol–water partition coefficient (Wildman–Crippen LogP) is 6.13. The molecule has 47 heavy (non-hydrogen) atoms. The van der Waals surface area contributed by atoms with E-state index in [1.165, 1.54) is 33.9 Å². The number of anilines is 2. The summed E-state index contributed by atoms with van der Waals surface area (Å²) in [6.07, 6.45) is 1.26. The third kappa shape index (κ3) is 9.20. The molecule has 0 bridgehead atoms. The van der Waals surface area contributed by atoms with Crippen molar-refractivity contribution >= 4 is 44.7 Å². The quantitative estimate of drug-likeness (QED) is 0.0924. The molecule has 0 fully saturated rings. The zero-order valence-corrected chi connectivity index (χ0v) is 27.6. The number of carbonyl (C=O) groups is 2. The van der Waals surface area contributed by atoms with E-state index < -0.39 is 11.7 Å². The van der Waals surface area contributed by atoms with Crippen molar-refractivity contribution in [3.8, 4) is 21.9 Å². The number of nitrogens with zero attached hydrogens (tertiary/aromatic N) is 3. The number of amides is 2. The summed E-state index contributed by atoms with van der Waals surface area (Å²) in [4.78, 5) is 34.3. The van der Waals surface area contributed by atoms with Gasteiger partial charge in [-0.1, -0.05) is 42.5 Å². The van der Waals surface area contributed by atoms with Gasteiger partial charge in [-0.3, -0.25) is 14.6 Å². The molecule has 244 valence electrons. The van der Waals surface area contributed by atoms with Crippen LogP contribution < -0.4 is 25.6 Å². The second kappa shape index (κ2) is 16.2. The molecule has 2 aromatic heterocycles. The minimum absolute atomic E-state index is 0.0102. The second-order valence-electron chi connectivity index (χ2n) is 11.2. The molecule has 3 N–H and O–H groups in total. The Bertz CT molecular complexity index is 1800. The van der Waals surface area contributed by atoms with Gasteiger partial charge in [-0.25, -0.2) is 4.39 Å². The summed E-state index contributed by atoms with van der Waals surface area (Å²) in [5.74, 6) is -1.07. The Hall–Kier alpha value is -4.68. The molecule has 0 unspecified atom stereocenters. The smallest absolute Gasteiger partial charge is 0.236 e. The lowest BCUT2D eigenvalue weighted by molar-refractivity contribution is -0.125. The van der Waals surface area contributed by atoms with Crippen LogP contribution in [0.4, 0.5) is 15.8 Å². The van der Waals surface area contributed by atoms with Gasteiger partial charge in [0.1, 0.15) is 12.2 Å². The van der Waals surface area contributed by atoms with Gasteiger partial charge in [-0.2, -0.15) is 0 Å². The van der Waals surface area contributed by atoms with Crippen molar-refractivity contribution < 1.29 is 18.7 Å². The molecule has 3 aromatic carbocycles. The molecule has 11 heteroatoms. The van der Waals surface area contributed by atoms with E-state index in [9.17, 15) is 9.59 Å². The van der Waals surface area contributed by atoms with Crippen LogP contribution in [0.25, 0.3) is 20.7 Å².